The number of amides is 2. The number of benzene rings is 2. The molecular formula is C20H26N2O3. The van der Waals surface area contributed by atoms with Crippen molar-refractivity contribution in [1.82, 2.24) is 10.6 Å². The number of hydrogen-bond acceptors (Lipinski definition) is 3. The average molecular weight is 342 g/mol. The molecule has 2 aromatic carbocycles. The monoisotopic (exact) mass is 342 g/mol. The largest absolute Gasteiger partial charge is 0.388 e. The topological polar surface area (TPSA) is 78.4 Å². The van der Waals surface area contributed by atoms with Crippen LogP contribution in [-0.4, -0.2) is 35.6 Å². The van der Waals surface area contributed by atoms with Gasteiger partial charge >= 0.3 is 0 Å². The lowest BCUT2D eigenvalue weighted by molar-refractivity contribution is -0.122. The molecule has 0 aliphatic rings. The first-order valence-electron chi connectivity index (χ1n) is 8.73. The molecule has 0 aromatic heterocycles. The van der Waals surface area contributed by atoms with Crippen molar-refractivity contribution >= 4 is 22.6 Å². The third kappa shape index (κ3) is 5.29. The SMILES string of the molecule is CCC(O)(CC)CNC(=O)CCNC(=O)c1ccc2ccccc2c1. The summed E-state index contributed by atoms with van der Waals surface area (Å²) in [6.45, 7) is 4.27. The van der Waals surface area contributed by atoms with E-state index in [0.717, 1.165) is 10.8 Å². The van der Waals surface area contributed by atoms with Gasteiger partial charge in [-0.2, -0.15) is 0 Å². The van der Waals surface area contributed by atoms with Crippen molar-refractivity contribution in [2.45, 2.75) is 38.7 Å². The Kier molecular flexibility index (Phi) is 6.53. The molecule has 5 nitrogen and oxygen atoms in total. The molecule has 0 saturated heterocycles. The van der Waals surface area contributed by atoms with E-state index < -0.39 is 5.60 Å². The average Bonchev–Trinajstić information content (AvgIpc) is 2.65. The molecule has 134 valence electrons. The maximum absolute atomic E-state index is 12.2. The third-order valence-electron chi connectivity index (χ3n) is 4.58. The van der Waals surface area contributed by atoms with Gasteiger partial charge in [0.15, 0.2) is 0 Å². The van der Waals surface area contributed by atoms with Crippen LogP contribution in [0.4, 0.5) is 0 Å². The van der Waals surface area contributed by atoms with Crippen LogP contribution in [0.1, 0.15) is 43.5 Å². The molecule has 3 N–H and O–H groups in total. The first-order chi connectivity index (χ1) is 12.0. The maximum atomic E-state index is 12.2. The van der Waals surface area contributed by atoms with E-state index in [1.807, 2.05) is 50.2 Å². The van der Waals surface area contributed by atoms with Crippen molar-refractivity contribution in [1.29, 1.82) is 0 Å². The summed E-state index contributed by atoms with van der Waals surface area (Å²) in [6, 6.07) is 13.4. The smallest absolute Gasteiger partial charge is 0.251 e. The molecular weight excluding hydrogens is 316 g/mol. The summed E-state index contributed by atoms with van der Waals surface area (Å²) in [7, 11) is 0. The second-order valence-electron chi connectivity index (χ2n) is 6.28. The lowest BCUT2D eigenvalue weighted by Crippen LogP contribution is -2.42. The summed E-state index contributed by atoms with van der Waals surface area (Å²) < 4.78 is 0. The molecule has 0 saturated carbocycles. The van der Waals surface area contributed by atoms with Crippen LogP contribution in [0.25, 0.3) is 10.8 Å². The molecule has 0 atom stereocenters. The van der Waals surface area contributed by atoms with Crippen molar-refractivity contribution in [3.63, 3.8) is 0 Å². The molecule has 0 unspecified atom stereocenters. The summed E-state index contributed by atoms with van der Waals surface area (Å²) in [4.78, 5) is 24.0. The number of carbonyl (C=O) groups is 2. The molecule has 5 heteroatoms. The van der Waals surface area contributed by atoms with Crippen molar-refractivity contribution in [3.05, 3.63) is 48.0 Å². The zero-order valence-corrected chi connectivity index (χ0v) is 14.8. The highest BCUT2D eigenvalue weighted by atomic mass is 16.3. The van der Waals surface area contributed by atoms with Crippen LogP contribution < -0.4 is 10.6 Å². The number of nitrogens with one attached hydrogen (secondary N) is 2. The third-order valence-corrected chi connectivity index (χ3v) is 4.58. The van der Waals surface area contributed by atoms with Gasteiger partial charge in [0.1, 0.15) is 0 Å². The lowest BCUT2D eigenvalue weighted by Gasteiger charge is -2.25. The highest BCUT2D eigenvalue weighted by Gasteiger charge is 2.22. The van der Waals surface area contributed by atoms with Crippen LogP contribution >= 0.6 is 0 Å². The molecule has 2 rings (SSSR count). The van der Waals surface area contributed by atoms with Gasteiger partial charge in [0, 0.05) is 25.1 Å². The van der Waals surface area contributed by atoms with Gasteiger partial charge in [0.05, 0.1) is 5.60 Å². The molecule has 0 spiro atoms. The van der Waals surface area contributed by atoms with Crippen molar-refractivity contribution in [2.24, 2.45) is 0 Å². The second kappa shape index (κ2) is 8.62. The van der Waals surface area contributed by atoms with E-state index >= 15 is 0 Å². The van der Waals surface area contributed by atoms with Crippen LogP contribution in [0.3, 0.4) is 0 Å². The first-order valence-corrected chi connectivity index (χ1v) is 8.73. The predicted molar refractivity (Wildman–Crippen MR) is 99.4 cm³/mol. The summed E-state index contributed by atoms with van der Waals surface area (Å²) >= 11 is 0. The minimum Gasteiger partial charge on any atom is -0.388 e. The number of hydrogen-bond donors (Lipinski definition) is 3. The van der Waals surface area contributed by atoms with E-state index in [1.165, 1.54) is 0 Å². The van der Waals surface area contributed by atoms with Gasteiger partial charge in [-0.05, 0) is 35.7 Å². The second-order valence-corrected chi connectivity index (χ2v) is 6.28. The molecule has 0 fully saturated rings. The van der Waals surface area contributed by atoms with Gasteiger partial charge in [-0.1, -0.05) is 44.2 Å². The highest BCUT2D eigenvalue weighted by molar-refractivity contribution is 5.98. The summed E-state index contributed by atoms with van der Waals surface area (Å²) in [6.07, 6.45) is 1.35. The van der Waals surface area contributed by atoms with Gasteiger partial charge in [-0.3, -0.25) is 9.59 Å². The van der Waals surface area contributed by atoms with Gasteiger partial charge in [-0.25, -0.2) is 0 Å². The van der Waals surface area contributed by atoms with Gasteiger partial charge < -0.3 is 15.7 Å². The van der Waals surface area contributed by atoms with E-state index in [9.17, 15) is 14.7 Å². The van der Waals surface area contributed by atoms with Gasteiger partial charge in [0.25, 0.3) is 5.91 Å². The molecule has 2 aromatic rings. The molecule has 25 heavy (non-hydrogen) atoms. The Balaban J connectivity index is 1.80. The fourth-order valence-corrected chi connectivity index (χ4v) is 2.57. The van der Waals surface area contributed by atoms with Crippen LogP contribution in [-0.2, 0) is 4.79 Å². The van der Waals surface area contributed by atoms with Crippen LogP contribution in [0.15, 0.2) is 42.5 Å². The van der Waals surface area contributed by atoms with Crippen molar-refractivity contribution < 1.29 is 14.7 Å². The zero-order valence-electron chi connectivity index (χ0n) is 14.8. The normalized spacial score (nSPS) is 11.3. The Morgan fingerprint density at radius 3 is 2.36 bits per heavy atom. The Hall–Kier alpha value is -2.40. The van der Waals surface area contributed by atoms with Crippen molar-refractivity contribution in [3.8, 4) is 0 Å². The standard InChI is InChI=1S/C20H26N2O3/c1-3-20(25,4-2)14-22-18(23)11-12-21-19(24)17-10-9-15-7-5-6-8-16(15)13-17/h5-10,13,25H,3-4,11-12,14H2,1-2H3,(H,21,24)(H,22,23). The quantitative estimate of drug-likeness (QED) is 0.690. The predicted octanol–water partition coefficient (Wildman–Crippen LogP) is 2.63. The van der Waals surface area contributed by atoms with Crippen LogP contribution in [0, 0.1) is 0 Å². The van der Waals surface area contributed by atoms with Crippen molar-refractivity contribution in [2.75, 3.05) is 13.1 Å². The Labute approximate surface area is 148 Å². The Morgan fingerprint density at radius 2 is 1.68 bits per heavy atom. The fraction of sp³-hybridized carbons (Fsp3) is 0.400. The number of fused-ring (bicyclic) bond motifs is 1. The van der Waals surface area contributed by atoms with E-state index in [-0.39, 0.29) is 31.3 Å². The summed E-state index contributed by atoms with van der Waals surface area (Å²) in [5, 5.41) is 17.7. The molecule has 0 aliphatic carbocycles. The fourth-order valence-electron chi connectivity index (χ4n) is 2.57. The molecule has 2 amide bonds. The minimum atomic E-state index is -0.857. The Morgan fingerprint density at radius 1 is 1.00 bits per heavy atom. The van der Waals surface area contributed by atoms with Gasteiger partial charge in [0.2, 0.25) is 5.91 Å². The number of rotatable bonds is 8. The molecule has 0 aliphatic heterocycles. The molecule has 0 heterocycles. The summed E-state index contributed by atoms with van der Waals surface area (Å²) in [5.74, 6) is -0.378. The zero-order chi connectivity index (χ0) is 18.3. The first kappa shape index (κ1) is 18.9. The molecule has 0 bridgehead atoms. The van der Waals surface area contributed by atoms with E-state index in [1.54, 1.807) is 6.07 Å². The van der Waals surface area contributed by atoms with Crippen LogP contribution in [0.5, 0.6) is 0 Å². The number of carbonyl (C=O) groups excluding carboxylic acids is 2. The number of aliphatic hydroxyl groups is 1. The van der Waals surface area contributed by atoms with E-state index in [0.29, 0.717) is 18.4 Å². The lowest BCUT2D eigenvalue weighted by atomic mass is 9.97. The van der Waals surface area contributed by atoms with Crippen LogP contribution in [0.2, 0.25) is 0 Å². The molecule has 0 radical (unpaired) electrons. The van der Waals surface area contributed by atoms with E-state index in [4.69, 9.17) is 0 Å². The van der Waals surface area contributed by atoms with E-state index in [2.05, 4.69) is 10.6 Å². The highest BCUT2D eigenvalue weighted by Crippen LogP contribution is 2.15. The van der Waals surface area contributed by atoms with Gasteiger partial charge in [-0.15, -0.1) is 0 Å². The minimum absolute atomic E-state index is 0.181. The maximum Gasteiger partial charge on any atom is 0.251 e. The summed E-state index contributed by atoms with van der Waals surface area (Å²) in [5.41, 5.74) is -0.283. The Bertz CT molecular complexity index is 739.